The molecule has 88 valence electrons. The highest BCUT2D eigenvalue weighted by atomic mass is 32.2. The largest absolute Gasteiger partial charge is 0.755 e. The van der Waals surface area contributed by atoms with E-state index in [9.17, 15) is 13.9 Å². The van der Waals surface area contributed by atoms with Gasteiger partial charge >= 0.3 is 0 Å². The molecule has 0 aliphatic rings. The fourth-order valence-electron chi connectivity index (χ4n) is 1.50. The highest BCUT2D eigenvalue weighted by Gasteiger charge is 2.09. The number of para-hydroxylation sites is 1. The summed E-state index contributed by atoms with van der Waals surface area (Å²) in [7, 11) is 0. The Kier molecular flexibility index (Phi) is 3.41. The first-order valence-electron chi connectivity index (χ1n) is 4.92. The maximum absolute atomic E-state index is 11.3. The van der Waals surface area contributed by atoms with Gasteiger partial charge in [0.25, 0.3) is 0 Å². The van der Waals surface area contributed by atoms with Crippen molar-refractivity contribution in [2.75, 3.05) is 4.31 Å². The highest BCUT2D eigenvalue weighted by molar-refractivity contribution is 7.81. The van der Waals surface area contributed by atoms with Gasteiger partial charge in [-0.2, -0.15) is 0 Å². The Morgan fingerprint density at radius 1 is 1.00 bits per heavy atom. The molecule has 2 aromatic carbocycles. The van der Waals surface area contributed by atoms with Crippen LogP contribution in [-0.2, 0) is 11.3 Å². The van der Waals surface area contributed by atoms with Gasteiger partial charge < -0.3 is 9.66 Å². The Bertz CT molecular complexity index is 530. The molecule has 0 radical (unpaired) electrons. The van der Waals surface area contributed by atoms with Gasteiger partial charge in [0.05, 0.1) is 22.6 Å². The van der Waals surface area contributed by atoms with Crippen LogP contribution in [0.5, 0.6) is 5.75 Å². The molecule has 0 bridgehead atoms. The molecule has 5 heteroatoms. The smallest absolute Gasteiger partial charge is 0.117 e. The van der Waals surface area contributed by atoms with E-state index in [4.69, 9.17) is 0 Å². The van der Waals surface area contributed by atoms with Crippen molar-refractivity contribution in [1.29, 1.82) is 0 Å². The molecule has 17 heavy (non-hydrogen) atoms. The lowest BCUT2D eigenvalue weighted by atomic mass is 10.2. The van der Waals surface area contributed by atoms with Crippen LogP contribution in [0.2, 0.25) is 0 Å². The molecule has 1 N–H and O–H groups in total. The number of aromatic hydroxyl groups is 1. The van der Waals surface area contributed by atoms with E-state index in [1.54, 1.807) is 42.5 Å². The van der Waals surface area contributed by atoms with Crippen LogP contribution in [0, 0.1) is 0 Å². The van der Waals surface area contributed by atoms with Gasteiger partial charge in [-0.15, -0.1) is 0 Å². The molecule has 0 spiro atoms. The normalized spacial score (nSPS) is 12.1. The van der Waals surface area contributed by atoms with Gasteiger partial charge in [0.1, 0.15) is 5.75 Å². The molecule has 0 saturated heterocycles. The van der Waals surface area contributed by atoms with E-state index in [1.807, 2.05) is 0 Å². The lowest BCUT2D eigenvalue weighted by Gasteiger charge is -2.26. The minimum Gasteiger partial charge on any atom is -0.755 e. The Morgan fingerprint density at radius 3 is 2.24 bits per heavy atom. The highest BCUT2D eigenvalue weighted by Crippen LogP contribution is 2.28. The summed E-state index contributed by atoms with van der Waals surface area (Å²) in [5, 5.41) is 9.36. The van der Waals surface area contributed by atoms with Crippen molar-refractivity contribution in [2.24, 2.45) is 0 Å². The average molecular weight is 248 g/mol. The first-order chi connectivity index (χ1) is 8.18. The van der Waals surface area contributed by atoms with E-state index in [0.717, 1.165) is 4.31 Å². The summed E-state index contributed by atoms with van der Waals surface area (Å²) in [4.78, 5) is 0. The average Bonchev–Trinajstić information content (AvgIpc) is 2.30. The zero-order valence-corrected chi connectivity index (χ0v) is 9.63. The summed E-state index contributed by atoms with van der Waals surface area (Å²) in [5.74, 6) is 0.0221. The quantitative estimate of drug-likeness (QED) is 0.848. The van der Waals surface area contributed by atoms with Crippen LogP contribution >= 0.6 is 0 Å². The third-order valence-corrected chi connectivity index (χ3v) is 2.92. The summed E-state index contributed by atoms with van der Waals surface area (Å²) in [6, 6.07) is 14.7. The van der Waals surface area contributed by atoms with Gasteiger partial charge in [-0.3, -0.25) is 8.51 Å². The Labute approximate surface area is 102 Å². The summed E-state index contributed by atoms with van der Waals surface area (Å²) in [5.41, 5.74) is 0.913. The van der Waals surface area contributed by atoms with Gasteiger partial charge in [0.15, 0.2) is 0 Å². The first kappa shape index (κ1) is 11.6. The molecule has 0 aliphatic heterocycles. The van der Waals surface area contributed by atoms with Crippen LogP contribution in [0.15, 0.2) is 54.6 Å². The second-order valence-corrected chi connectivity index (χ2v) is 4.17. The van der Waals surface area contributed by atoms with Crippen LogP contribution in [0.1, 0.15) is 0 Å². The number of benzene rings is 2. The number of nitrogens with zero attached hydrogens (tertiary/aromatic N) is 1. The van der Waals surface area contributed by atoms with E-state index in [2.05, 4.69) is 0 Å². The number of hydrogen-bond donors (Lipinski definition) is 1. The van der Waals surface area contributed by atoms with E-state index in [-0.39, 0.29) is 5.75 Å². The molecule has 0 fully saturated rings. The van der Waals surface area contributed by atoms with Gasteiger partial charge in [0.2, 0.25) is 0 Å². The van der Waals surface area contributed by atoms with Crippen molar-refractivity contribution < 1.29 is 13.9 Å². The molecule has 0 saturated carbocycles. The maximum Gasteiger partial charge on any atom is 0.117 e. The fraction of sp³-hybridized carbons (Fsp3) is 0. The Hall–Kier alpha value is -1.85. The second-order valence-electron chi connectivity index (χ2n) is 3.37. The summed E-state index contributed by atoms with van der Waals surface area (Å²) in [6.07, 6.45) is 0. The van der Waals surface area contributed by atoms with E-state index in [1.165, 1.54) is 12.1 Å². The molecule has 0 aliphatic carbocycles. The number of anilines is 2. The minimum absolute atomic E-state index is 0.0221. The molecular formula is C12H10NO3S-. The van der Waals surface area contributed by atoms with Crippen LogP contribution < -0.4 is 4.31 Å². The Morgan fingerprint density at radius 2 is 1.65 bits per heavy atom. The molecule has 2 rings (SSSR count). The third-order valence-electron chi connectivity index (χ3n) is 2.20. The molecule has 1 atom stereocenters. The second kappa shape index (κ2) is 4.99. The van der Waals surface area contributed by atoms with Crippen molar-refractivity contribution in [3.05, 3.63) is 54.6 Å². The van der Waals surface area contributed by atoms with E-state index in [0.29, 0.717) is 11.4 Å². The molecule has 4 nitrogen and oxygen atoms in total. The van der Waals surface area contributed by atoms with Crippen LogP contribution in [0.4, 0.5) is 11.4 Å². The molecule has 0 aromatic heterocycles. The predicted octanol–water partition coefficient (Wildman–Crippen LogP) is 2.32. The first-order valence-corrected chi connectivity index (χ1v) is 5.95. The van der Waals surface area contributed by atoms with Crippen LogP contribution in [0.25, 0.3) is 0 Å². The molecule has 2 aromatic rings. The lowest BCUT2D eigenvalue weighted by molar-refractivity contribution is 0.475. The van der Waals surface area contributed by atoms with Gasteiger partial charge in [0, 0.05) is 6.07 Å². The predicted molar refractivity (Wildman–Crippen MR) is 65.6 cm³/mol. The van der Waals surface area contributed by atoms with Gasteiger partial charge in [-0.25, -0.2) is 0 Å². The standard InChI is InChI=1S/C12H11NO3S/c14-12-8-4-7-11(9-12)13(17(15)16)10-5-2-1-3-6-10/h1-9,14H,(H,15,16)/p-1. The molecular weight excluding hydrogens is 238 g/mol. The molecule has 1 unspecified atom stereocenters. The van der Waals surface area contributed by atoms with E-state index < -0.39 is 11.3 Å². The lowest BCUT2D eigenvalue weighted by Crippen LogP contribution is -2.19. The minimum atomic E-state index is -2.44. The van der Waals surface area contributed by atoms with Gasteiger partial charge in [-0.1, -0.05) is 24.3 Å². The fourth-order valence-corrected chi connectivity index (χ4v) is 2.08. The number of rotatable bonds is 3. The van der Waals surface area contributed by atoms with Crippen molar-refractivity contribution in [1.82, 2.24) is 0 Å². The zero-order chi connectivity index (χ0) is 12.3. The van der Waals surface area contributed by atoms with E-state index >= 15 is 0 Å². The zero-order valence-electron chi connectivity index (χ0n) is 8.82. The monoisotopic (exact) mass is 248 g/mol. The van der Waals surface area contributed by atoms with Crippen LogP contribution in [0.3, 0.4) is 0 Å². The van der Waals surface area contributed by atoms with Crippen molar-refractivity contribution in [2.45, 2.75) is 0 Å². The third kappa shape index (κ3) is 2.64. The van der Waals surface area contributed by atoms with Crippen molar-refractivity contribution >= 4 is 22.6 Å². The number of phenols is 1. The topological polar surface area (TPSA) is 63.6 Å². The van der Waals surface area contributed by atoms with Crippen LogP contribution in [-0.4, -0.2) is 13.9 Å². The number of hydrogen-bond acceptors (Lipinski definition) is 3. The number of phenolic OH excluding ortho intramolecular Hbond substituents is 1. The van der Waals surface area contributed by atoms with Crippen molar-refractivity contribution in [3.63, 3.8) is 0 Å². The van der Waals surface area contributed by atoms with Crippen molar-refractivity contribution in [3.8, 4) is 5.75 Å². The SMILES string of the molecule is O=S([O-])N(c1ccccc1)c1cccc(O)c1. The summed E-state index contributed by atoms with van der Waals surface area (Å²) in [6.45, 7) is 0. The molecule has 0 amide bonds. The van der Waals surface area contributed by atoms with Gasteiger partial charge in [-0.05, 0) is 24.3 Å². The summed E-state index contributed by atoms with van der Waals surface area (Å²) < 4.78 is 23.6. The Balaban J connectivity index is 2.47. The summed E-state index contributed by atoms with van der Waals surface area (Å²) >= 11 is -2.44. The maximum atomic E-state index is 11.3. The molecule has 0 heterocycles.